The van der Waals surface area contributed by atoms with Gasteiger partial charge in [-0.15, -0.1) is 0 Å². The van der Waals surface area contributed by atoms with Crippen molar-refractivity contribution in [2.24, 2.45) is 40.9 Å². The first-order valence-electron chi connectivity index (χ1n) is 14.0. The van der Waals surface area contributed by atoms with Crippen molar-refractivity contribution in [3.63, 3.8) is 0 Å². The van der Waals surface area contributed by atoms with Crippen molar-refractivity contribution in [1.82, 2.24) is 9.21 Å². The molecule has 35 heavy (non-hydrogen) atoms. The summed E-state index contributed by atoms with van der Waals surface area (Å²) >= 11 is 0. The Hall–Kier alpha value is -0.540. The number of methoxy groups -OCH3 is 1. The summed E-state index contributed by atoms with van der Waals surface area (Å²) in [4.78, 5) is 15.7. The van der Waals surface area contributed by atoms with E-state index in [9.17, 15) is 18.3 Å². The van der Waals surface area contributed by atoms with E-state index < -0.39 is 15.6 Å². The zero-order valence-electron chi connectivity index (χ0n) is 22.0. The van der Waals surface area contributed by atoms with Crippen LogP contribution in [0.5, 0.6) is 0 Å². The molecule has 1 saturated heterocycles. The van der Waals surface area contributed by atoms with Gasteiger partial charge in [0.05, 0.1) is 25.0 Å². The van der Waals surface area contributed by atoms with Crippen molar-refractivity contribution in [1.29, 1.82) is 0 Å². The minimum absolute atomic E-state index is 0.116. The van der Waals surface area contributed by atoms with Crippen LogP contribution in [-0.2, 0) is 19.6 Å². The maximum absolute atomic E-state index is 13.6. The van der Waals surface area contributed by atoms with Crippen LogP contribution in [-0.4, -0.2) is 86.8 Å². The molecule has 4 saturated carbocycles. The summed E-state index contributed by atoms with van der Waals surface area (Å²) in [6, 6.07) is 0. The first-order valence-corrected chi connectivity index (χ1v) is 15.8. The smallest absolute Gasteiger partial charge is 0.211 e. The summed E-state index contributed by atoms with van der Waals surface area (Å²) in [5, 5.41) is 11.0. The number of Topliss-reactive ketones (excluding diaryl/α,β-unsaturated/α-hetero) is 1. The number of hydrogen-bond donors (Lipinski definition) is 1. The fourth-order valence-electron chi connectivity index (χ4n) is 9.44. The number of hydrogen-bond acceptors (Lipinski definition) is 6. The highest BCUT2D eigenvalue weighted by Gasteiger charge is 2.59. The van der Waals surface area contributed by atoms with Crippen molar-refractivity contribution in [2.45, 2.75) is 70.3 Å². The molecule has 1 N–H and O–H groups in total. The van der Waals surface area contributed by atoms with E-state index in [1.54, 1.807) is 7.11 Å². The summed E-state index contributed by atoms with van der Waals surface area (Å²) in [7, 11) is -1.46. The molecule has 0 aromatic rings. The second kappa shape index (κ2) is 9.64. The quantitative estimate of drug-likeness (QED) is 0.591. The van der Waals surface area contributed by atoms with E-state index in [2.05, 4.69) is 11.8 Å². The molecule has 0 radical (unpaired) electrons. The largest absolute Gasteiger partial charge is 0.387 e. The number of ketones is 1. The lowest BCUT2D eigenvalue weighted by Crippen LogP contribution is -2.53. The third kappa shape index (κ3) is 4.87. The molecule has 5 aliphatic rings. The first kappa shape index (κ1) is 26.1. The normalized spacial score (nSPS) is 44.9. The second-order valence-corrected chi connectivity index (χ2v) is 14.9. The second-order valence-electron chi connectivity index (χ2n) is 12.9. The van der Waals surface area contributed by atoms with E-state index >= 15 is 0 Å². The Morgan fingerprint density at radius 1 is 0.971 bits per heavy atom. The molecule has 5 rings (SSSR count). The third-order valence-electron chi connectivity index (χ3n) is 11.1. The molecule has 200 valence electrons. The van der Waals surface area contributed by atoms with Gasteiger partial charge in [0.25, 0.3) is 0 Å². The van der Waals surface area contributed by atoms with Crippen LogP contribution < -0.4 is 0 Å². The van der Waals surface area contributed by atoms with Crippen LogP contribution in [0.3, 0.4) is 0 Å². The Morgan fingerprint density at radius 3 is 2.37 bits per heavy atom. The third-order valence-corrected chi connectivity index (χ3v) is 12.4. The van der Waals surface area contributed by atoms with Crippen LogP contribution in [0.15, 0.2) is 0 Å². The average Bonchev–Trinajstić information content (AvgIpc) is 3.16. The molecule has 0 amide bonds. The first-order chi connectivity index (χ1) is 16.5. The molecule has 5 fully saturated rings. The molecule has 0 aromatic heterocycles. The zero-order chi connectivity index (χ0) is 25.0. The number of ether oxygens (including phenoxy) is 1. The number of piperazine rings is 1. The molecule has 4 aliphatic carbocycles. The fourth-order valence-corrected chi connectivity index (χ4v) is 10.3. The van der Waals surface area contributed by atoms with E-state index in [1.807, 2.05) is 0 Å². The number of sulfonamides is 1. The number of carbonyl (C=O) groups excluding carboxylic acids is 1. The van der Waals surface area contributed by atoms with Crippen molar-refractivity contribution >= 4 is 15.8 Å². The molecular weight excluding hydrogens is 464 g/mol. The average molecular weight is 511 g/mol. The van der Waals surface area contributed by atoms with Gasteiger partial charge in [0.2, 0.25) is 10.0 Å². The zero-order valence-corrected chi connectivity index (χ0v) is 22.8. The van der Waals surface area contributed by atoms with Crippen molar-refractivity contribution < 1.29 is 23.1 Å². The predicted octanol–water partition coefficient (Wildman–Crippen LogP) is 2.78. The van der Waals surface area contributed by atoms with Gasteiger partial charge in [-0.3, -0.25) is 9.69 Å². The molecule has 0 aromatic carbocycles. The summed E-state index contributed by atoms with van der Waals surface area (Å²) in [6.07, 6.45) is 11.2. The molecule has 1 heterocycles. The van der Waals surface area contributed by atoms with Gasteiger partial charge in [0.15, 0.2) is 0 Å². The Bertz CT molecular complexity index is 903. The van der Waals surface area contributed by atoms with Gasteiger partial charge in [0, 0.05) is 39.2 Å². The number of nitrogens with zero attached hydrogens (tertiary/aromatic N) is 2. The maximum Gasteiger partial charge on any atom is 0.211 e. The Labute approximate surface area is 212 Å². The minimum Gasteiger partial charge on any atom is -0.387 e. The van der Waals surface area contributed by atoms with Gasteiger partial charge in [-0.1, -0.05) is 6.92 Å². The molecule has 0 unspecified atom stereocenters. The Morgan fingerprint density at radius 2 is 1.69 bits per heavy atom. The highest BCUT2D eigenvalue weighted by atomic mass is 32.2. The Kier molecular flexibility index (Phi) is 7.19. The van der Waals surface area contributed by atoms with Gasteiger partial charge in [-0.2, -0.15) is 4.31 Å². The number of rotatable bonds is 6. The molecule has 8 atom stereocenters. The Balaban J connectivity index is 1.21. The summed E-state index contributed by atoms with van der Waals surface area (Å²) in [5.41, 5.74) is -0.519. The molecule has 0 spiro atoms. The van der Waals surface area contributed by atoms with Crippen molar-refractivity contribution in [2.75, 3.05) is 52.7 Å². The van der Waals surface area contributed by atoms with E-state index in [-0.39, 0.29) is 11.3 Å². The number of carbonyl (C=O) groups is 1. The van der Waals surface area contributed by atoms with Gasteiger partial charge < -0.3 is 9.84 Å². The van der Waals surface area contributed by atoms with Crippen molar-refractivity contribution in [3.05, 3.63) is 0 Å². The highest BCUT2D eigenvalue weighted by molar-refractivity contribution is 7.88. The SMILES string of the molecule is COC[C@@]1(O)CC[C@H]2[C@H](CC[C@@H]3[C@@H]2CC[C@]2(C)[C@@H](C(=O)CN4CCN(S(C)(=O)=O)CC4)CC[C@@H]32)C1. The van der Waals surface area contributed by atoms with E-state index in [0.29, 0.717) is 56.9 Å². The maximum atomic E-state index is 13.6. The van der Waals surface area contributed by atoms with E-state index in [4.69, 9.17) is 4.74 Å². The molecule has 7 nitrogen and oxygen atoms in total. The van der Waals surface area contributed by atoms with Crippen LogP contribution in [0.25, 0.3) is 0 Å². The number of aliphatic hydroxyl groups is 1. The van der Waals surface area contributed by atoms with Gasteiger partial charge in [-0.05, 0) is 92.8 Å². The van der Waals surface area contributed by atoms with Crippen LogP contribution in [0.1, 0.15) is 64.7 Å². The predicted molar refractivity (Wildman–Crippen MR) is 135 cm³/mol. The lowest BCUT2D eigenvalue weighted by Gasteiger charge is -2.57. The van der Waals surface area contributed by atoms with Crippen LogP contribution >= 0.6 is 0 Å². The van der Waals surface area contributed by atoms with Crippen LogP contribution in [0.4, 0.5) is 0 Å². The molecular formula is C27H46N2O5S. The summed E-state index contributed by atoms with van der Waals surface area (Å²) in [5.74, 6) is 4.04. The fraction of sp³-hybridized carbons (Fsp3) is 0.963. The van der Waals surface area contributed by atoms with Crippen LogP contribution in [0, 0.1) is 40.9 Å². The van der Waals surface area contributed by atoms with E-state index in [1.165, 1.54) is 36.2 Å². The standard InChI is InChI=1S/C27H46N2O5S/c1-26-10-8-21-20-9-11-27(31,18-34-2)16-19(20)4-5-22(21)23(26)6-7-24(26)25(30)17-28-12-14-29(15-13-28)35(3,32)33/h19-24,31H,4-18H2,1-3H3/t19-,20+,21-,22-,23+,24-,26+,27-/m1/s1. The molecule has 0 bridgehead atoms. The topological polar surface area (TPSA) is 87.2 Å². The van der Waals surface area contributed by atoms with Gasteiger partial charge in [0.1, 0.15) is 5.78 Å². The van der Waals surface area contributed by atoms with E-state index in [0.717, 1.165) is 49.9 Å². The lowest BCUT2D eigenvalue weighted by molar-refractivity contribution is -0.137. The van der Waals surface area contributed by atoms with Gasteiger partial charge >= 0.3 is 0 Å². The minimum atomic E-state index is -3.15. The number of fused-ring (bicyclic) bond motifs is 5. The lowest BCUT2D eigenvalue weighted by atomic mass is 9.49. The molecule has 8 heteroatoms. The van der Waals surface area contributed by atoms with Gasteiger partial charge in [-0.25, -0.2) is 8.42 Å². The van der Waals surface area contributed by atoms with Crippen LogP contribution in [0.2, 0.25) is 0 Å². The van der Waals surface area contributed by atoms with Crippen molar-refractivity contribution in [3.8, 4) is 0 Å². The summed E-state index contributed by atoms with van der Waals surface area (Å²) in [6.45, 7) is 5.61. The highest BCUT2D eigenvalue weighted by Crippen LogP contribution is 2.64. The summed E-state index contributed by atoms with van der Waals surface area (Å²) < 4.78 is 30.5. The molecule has 1 aliphatic heterocycles. The monoisotopic (exact) mass is 510 g/mol.